The molecule has 1 amide bonds. The number of aromatic amines is 1. The third-order valence-corrected chi connectivity index (χ3v) is 4.34. The number of nitrogens with zero attached hydrogens (tertiary/aromatic N) is 1. The number of carbonyl (C=O) groups is 1. The van der Waals surface area contributed by atoms with Crippen LogP contribution in [0.1, 0.15) is 6.92 Å². The molecule has 0 radical (unpaired) electrons. The van der Waals surface area contributed by atoms with Gasteiger partial charge in [0.15, 0.2) is 5.16 Å². The zero-order valence-corrected chi connectivity index (χ0v) is 14.6. The molecule has 7 heteroatoms. The SMILES string of the molecule is CCOc1ccc2nc(SCC(=O)Nc3ccc(Cl)cc3)[nH]c2c1. The normalized spacial score (nSPS) is 10.8. The largest absolute Gasteiger partial charge is 0.494 e. The predicted molar refractivity (Wildman–Crippen MR) is 98.1 cm³/mol. The van der Waals surface area contributed by atoms with Crippen LogP contribution in [0.5, 0.6) is 5.75 Å². The summed E-state index contributed by atoms with van der Waals surface area (Å²) in [5.74, 6) is 0.962. The van der Waals surface area contributed by atoms with Gasteiger partial charge in [0.1, 0.15) is 5.75 Å². The number of hydrogen-bond acceptors (Lipinski definition) is 4. The van der Waals surface area contributed by atoms with Gasteiger partial charge >= 0.3 is 0 Å². The fourth-order valence-corrected chi connectivity index (χ4v) is 2.97. The number of hydrogen-bond donors (Lipinski definition) is 2. The van der Waals surface area contributed by atoms with Crippen LogP contribution >= 0.6 is 23.4 Å². The second kappa shape index (κ2) is 7.59. The highest BCUT2D eigenvalue weighted by Gasteiger charge is 2.08. The Labute approximate surface area is 148 Å². The average molecular weight is 362 g/mol. The summed E-state index contributed by atoms with van der Waals surface area (Å²) in [5, 5.41) is 4.15. The van der Waals surface area contributed by atoms with E-state index < -0.39 is 0 Å². The van der Waals surface area contributed by atoms with Gasteiger partial charge in [-0.25, -0.2) is 4.98 Å². The van der Waals surface area contributed by atoms with Gasteiger partial charge in [0.05, 0.1) is 23.4 Å². The quantitative estimate of drug-likeness (QED) is 0.641. The van der Waals surface area contributed by atoms with Gasteiger partial charge in [-0.2, -0.15) is 0 Å². The number of imidazole rings is 1. The number of thioether (sulfide) groups is 1. The molecular formula is C17H16ClN3O2S. The molecule has 1 aromatic heterocycles. The summed E-state index contributed by atoms with van der Waals surface area (Å²) >= 11 is 7.17. The number of nitrogens with one attached hydrogen (secondary N) is 2. The maximum absolute atomic E-state index is 12.0. The standard InChI is InChI=1S/C17H16ClN3O2S/c1-2-23-13-7-8-14-15(9-13)21-17(20-14)24-10-16(22)19-12-5-3-11(18)4-6-12/h3-9H,2,10H2,1H3,(H,19,22)(H,20,21). The van der Waals surface area contributed by atoms with Gasteiger partial charge in [-0.05, 0) is 43.3 Å². The maximum Gasteiger partial charge on any atom is 0.234 e. The predicted octanol–water partition coefficient (Wildman–Crippen LogP) is 4.35. The third kappa shape index (κ3) is 4.21. The minimum atomic E-state index is -0.0993. The Morgan fingerprint density at radius 3 is 2.83 bits per heavy atom. The molecule has 0 bridgehead atoms. The van der Waals surface area contributed by atoms with Crippen LogP contribution in [-0.2, 0) is 4.79 Å². The third-order valence-electron chi connectivity index (χ3n) is 3.21. The van der Waals surface area contributed by atoms with E-state index in [-0.39, 0.29) is 11.7 Å². The molecular weight excluding hydrogens is 346 g/mol. The van der Waals surface area contributed by atoms with E-state index in [9.17, 15) is 4.79 Å². The maximum atomic E-state index is 12.0. The van der Waals surface area contributed by atoms with Crippen molar-refractivity contribution in [2.75, 3.05) is 17.7 Å². The van der Waals surface area contributed by atoms with Crippen LogP contribution < -0.4 is 10.1 Å². The van der Waals surface area contributed by atoms with Crippen molar-refractivity contribution < 1.29 is 9.53 Å². The first-order chi connectivity index (χ1) is 11.6. The van der Waals surface area contributed by atoms with Crippen molar-refractivity contribution in [3.63, 3.8) is 0 Å². The Bertz CT molecular complexity index is 849. The van der Waals surface area contributed by atoms with Gasteiger partial charge < -0.3 is 15.0 Å². The van der Waals surface area contributed by atoms with Crippen molar-refractivity contribution in [2.45, 2.75) is 12.1 Å². The fraction of sp³-hybridized carbons (Fsp3) is 0.176. The number of fused-ring (bicyclic) bond motifs is 1. The van der Waals surface area contributed by atoms with Crippen molar-refractivity contribution in [2.24, 2.45) is 0 Å². The molecule has 24 heavy (non-hydrogen) atoms. The zero-order valence-electron chi connectivity index (χ0n) is 13.0. The van der Waals surface area contributed by atoms with Crippen LogP contribution in [0, 0.1) is 0 Å². The smallest absolute Gasteiger partial charge is 0.234 e. The topological polar surface area (TPSA) is 67.0 Å². The lowest BCUT2D eigenvalue weighted by Gasteiger charge is -2.04. The second-order valence-electron chi connectivity index (χ2n) is 5.00. The van der Waals surface area contributed by atoms with Crippen LogP contribution in [0.3, 0.4) is 0 Å². The number of ether oxygens (including phenoxy) is 1. The molecule has 0 saturated carbocycles. The lowest BCUT2D eigenvalue weighted by Crippen LogP contribution is -2.13. The molecule has 2 aromatic carbocycles. The Hall–Kier alpha value is -2.18. The fourth-order valence-electron chi connectivity index (χ4n) is 2.15. The van der Waals surface area contributed by atoms with E-state index >= 15 is 0 Å². The number of benzene rings is 2. The molecule has 0 aliphatic carbocycles. The van der Waals surface area contributed by atoms with Crippen molar-refractivity contribution in [3.8, 4) is 5.75 Å². The molecule has 0 fully saturated rings. The Balaban J connectivity index is 1.60. The van der Waals surface area contributed by atoms with Crippen molar-refractivity contribution >= 4 is 46.0 Å². The van der Waals surface area contributed by atoms with Crippen LogP contribution in [0.25, 0.3) is 11.0 Å². The number of carbonyl (C=O) groups excluding carboxylic acids is 1. The van der Waals surface area contributed by atoms with Crippen molar-refractivity contribution in [1.82, 2.24) is 9.97 Å². The summed E-state index contributed by atoms with van der Waals surface area (Å²) in [5.41, 5.74) is 2.46. The van der Waals surface area contributed by atoms with Crippen molar-refractivity contribution in [3.05, 3.63) is 47.5 Å². The van der Waals surface area contributed by atoms with E-state index in [1.807, 2.05) is 25.1 Å². The highest BCUT2D eigenvalue weighted by molar-refractivity contribution is 7.99. The van der Waals surface area contributed by atoms with Crippen LogP contribution in [-0.4, -0.2) is 28.2 Å². The number of anilines is 1. The van der Waals surface area contributed by atoms with E-state index in [2.05, 4.69) is 15.3 Å². The number of rotatable bonds is 6. The molecule has 5 nitrogen and oxygen atoms in total. The van der Waals surface area contributed by atoms with E-state index in [4.69, 9.17) is 16.3 Å². The summed E-state index contributed by atoms with van der Waals surface area (Å²) in [6.07, 6.45) is 0. The highest BCUT2D eigenvalue weighted by atomic mass is 35.5. The molecule has 0 aliphatic heterocycles. The second-order valence-corrected chi connectivity index (χ2v) is 6.40. The van der Waals surface area contributed by atoms with Gasteiger partial charge in [-0.15, -0.1) is 0 Å². The Morgan fingerprint density at radius 2 is 2.08 bits per heavy atom. The molecule has 2 N–H and O–H groups in total. The summed E-state index contributed by atoms with van der Waals surface area (Å²) in [6.45, 7) is 2.56. The highest BCUT2D eigenvalue weighted by Crippen LogP contribution is 2.23. The van der Waals surface area contributed by atoms with Crippen LogP contribution in [0.15, 0.2) is 47.6 Å². The first-order valence-corrected chi connectivity index (χ1v) is 8.81. The van der Waals surface area contributed by atoms with E-state index in [1.54, 1.807) is 24.3 Å². The molecule has 0 unspecified atom stereocenters. The molecule has 0 atom stereocenters. The molecule has 0 saturated heterocycles. The zero-order chi connectivity index (χ0) is 16.9. The first kappa shape index (κ1) is 16.7. The monoisotopic (exact) mass is 361 g/mol. The lowest BCUT2D eigenvalue weighted by molar-refractivity contribution is -0.113. The van der Waals surface area contributed by atoms with Crippen molar-refractivity contribution in [1.29, 1.82) is 0 Å². The average Bonchev–Trinajstić information content (AvgIpc) is 2.98. The van der Waals surface area contributed by atoms with Gasteiger partial charge in [0, 0.05) is 16.8 Å². The number of aromatic nitrogens is 2. The van der Waals surface area contributed by atoms with Gasteiger partial charge in [0.25, 0.3) is 0 Å². The van der Waals surface area contributed by atoms with Gasteiger partial charge in [0.2, 0.25) is 5.91 Å². The summed E-state index contributed by atoms with van der Waals surface area (Å²) in [4.78, 5) is 19.7. The molecule has 3 rings (SSSR count). The van der Waals surface area contributed by atoms with Crippen LogP contribution in [0.4, 0.5) is 5.69 Å². The minimum absolute atomic E-state index is 0.0993. The molecule has 3 aromatic rings. The first-order valence-electron chi connectivity index (χ1n) is 7.45. The minimum Gasteiger partial charge on any atom is -0.494 e. The number of amides is 1. The van der Waals surface area contributed by atoms with Gasteiger partial charge in [-0.1, -0.05) is 23.4 Å². The number of H-pyrrole nitrogens is 1. The Kier molecular flexibility index (Phi) is 5.27. The lowest BCUT2D eigenvalue weighted by atomic mass is 10.3. The molecule has 1 heterocycles. The van der Waals surface area contributed by atoms with Gasteiger partial charge in [-0.3, -0.25) is 4.79 Å². The molecule has 0 aliphatic rings. The summed E-state index contributed by atoms with van der Waals surface area (Å²) in [7, 11) is 0. The Morgan fingerprint density at radius 1 is 1.29 bits per heavy atom. The van der Waals surface area contributed by atoms with E-state index in [1.165, 1.54) is 11.8 Å². The summed E-state index contributed by atoms with van der Waals surface area (Å²) in [6, 6.07) is 12.7. The number of halogens is 1. The molecule has 124 valence electrons. The molecule has 0 spiro atoms. The van der Waals surface area contributed by atoms with Crippen LogP contribution in [0.2, 0.25) is 5.02 Å². The van der Waals surface area contributed by atoms with E-state index in [0.29, 0.717) is 16.8 Å². The van der Waals surface area contributed by atoms with E-state index in [0.717, 1.165) is 22.5 Å². The summed E-state index contributed by atoms with van der Waals surface area (Å²) < 4.78 is 5.47.